The Morgan fingerprint density at radius 2 is 2.06 bits per heavy atom. The van der Waals surface area contributed by atoms with Gasteiger partial charge in [0.05, 0.1) is 0 Å². The number of rotatable bonds is 5. The van der Waals surface area contributed by atoms with Crippen molar-refractivity contribution in [2.75, 3.05) is 19.4 Å². The van der Waals surface area contributed by atoms with Crippen LogP contribution in [0.1, 0.15) is 39.5 Å². The molecule has 0 radical (unpaired) electrons. The second-order valence-electron chi connectivity index (χ2n) is 6.21. The van der Waals surface area contributed by atoms with Crippen molar-refractivity contribution in [2.45, 2.75) is 57.7 Å². The summed E-state index contributed by atoms with van der Waals surface area (Å²) in [5, 5.41) is 3.58. The predicted molar refractivity (Wildman–Crippen MR) is 75.9 cm³/mol. The van der Waals surface area contributed by atoms with E-state index in [0.717, 1.165) is 12.5 Å². The van der Waals surface area contributed by atoms with Gasteiger partial charge < -0.3 is 14.8 Å². The van der Waals surface area contributed by atoms with Gasteiger partial charge in [-0.25, -0.2) is 4.98 Å². The van der Waals surface area contributed by atoms with Crippen molar-refractivity contribution in [3.05, 3.63) is 12.4 Å². The molecule has 4 nitrogen and oxygen atoms in total. The predicted octanol–water partition coefficient (Wildman–Crippen LogP) is 2.58. The van der Waals surface area contributed by atoms with Gasteiger partial charge in [-0.1, -0.05) is 12.8 Å². The Labute approximate surface area is 110 Å². The molecule has 0 spiro atoms. The molecule has 2 rings (SSSR count). The van der Waals surface area contributed by atoms with E-state index in [2.05, 4.69) is 53.9 Å². The van der Waals surface area contributed by atoms with Crippen LogP contribution in [-0.2, 0) is 6.54 Å². The molecule has 1 heterocycles. The van der Waals surface area contributed by atoms with Crippen molar-refractivity contribution < 1.29 is 0 Å². The van der Waals surface area contributed by atoms with Crippen LogP contribution in [0, 0.1) is 0 Å². The highest BCUT2D eigenvalue weighted by molar-refractivity contribution is 5.28. The summed E-state index contributed by atoms with van der Waals surface area (Å²) in [5.74, 6) is 1.02. The molecule has 18 heavy (non-hydrogen) atoms. The minimum atomic E-state index is 0.132. The van der Waals surface area contributed by atoms with E-state index >= 15 is 0 Å². The summed E-state index contributed by atoms with van der Waals surface area (Å²) in [4.78, 5) is 6.71. The molecule has 0 aromatic carbocycles. The molecule has 0 unspecified atom stereocenters. The Bertz CT molecular complexity index is 375. The van der Waals surface area contributed by atoms with Gasteiger partial charge in [-0.2, -0.15) is 0 Å². The number of likely N-dealkylation sites (N-methyl/N-ethyl adjacent to an activating group) is 1. The minimum absolute atomic E-state index is 0.132. The van der Waals surface area contributed by atoms with Crippen molar-refractivity contribution in [3.8, 4) is 0 Å². The van der Waals surface area contributed by atoms with Crippen molar-refractivity contribution in [3.63, 3.8) is 0 Å². The molecule has 1 aromatic heterocycles. The topological polar surface area (TPSA) is 33.1 Å². The van der Waals surface area contributed by atoms with E-state index in [4.69, 9.17) is 0 Å². The molecule has 0 atom stereocenters. The lowest BCUT2D eigenvalue weighted by atomic mass is 10.0. The van der Waals surface area contributed by atoms with Gasteiger partial charge in [0.1, 0.15) is 0 Å². The summed E-state index contributed by atoms with van der Waals surface area (Å²) in [5.41, 5.74) is 0.132. The zero-order valence-electron chi connectivity index (χ0n) is 12.1. The van der Waals surface area contributed by atoms with Crippen LogP contribution >= 0.6 is 0 Å². The van der Waals surface area contributed by atoms with Crippen LogP contribution in [0.25, 0.3) is 0 Å². The normalized spacial score (nSPS) is 17.6. The fourth-order valence-electron chi connectivity index (χ4n) is 2.39. The number of nitrogens with zero attached hydrogens (tertiary/aromatic N) is 3. The van der Waals surface area contributed by atoms with E-state index in [1.54, 1.807) is 0 Å². The third-order valence-corrected chi connectivity index (χ3v) is 4.17. The molecule has 0 saturated heterocycles. The summed E-state index contributed by atoms with van der Waals surface area (Å²) in [6, 6.07) is 0.619. The first-order valence-corrected chi connectivity index (χ1v) is 6.94. The van der Waals surface area contributed by atoms with Crippen molar-refractivity contribution in [1.29, 1.82) is 0 Å². The average molecular weight is 250 g/mol. The molecular formula is C14H26N4. The van der Waals surface area contributed by atoms with Gasteiger partial charge in [0.15, 0.2) is 0 Å². The lowest BCUT2D eigenvalue weighted by Crippen LogP contribution is -2.42. The maximum atomic E-state index is 4.46. The maximum Gasteiger partial charge on any atom is 0.203 e. The van der Waals surface area contributed by atoms with E-state index < -0.39 is 0 Å². The van der Waals surface area contributed by atoms with E-state index in [-0.39, 0.29) is 5.54 Å². The molecule has 1 N–H and O–H groups in total. The SMILES string of the molecule is CN(C)C(C)(C)Cn1ccnc1NC1CCCC1. The molecule has 0 bridgehead atoms. The summed E-state index contributed by atoms with van der Waals surface area (Å²) >= 11 is 0. The van der Waals surface area contributed by atoms with Crippen molar-refractivity contribution in [2.24, 2.45) is 0 Å². The standard InChI is InChI=1S/C14H26N4/c1-14(2,17(3)4)11-18-10-9-15-13(18)16-12-7-5-6-8-12/h9-10,12H,5-8,11H2,1-4H3,(H,15,16). The maximum absolute atomic E-state index is 4.46. The van der Waals surface area contributed by atoms with Crippen LogP contribution in [0.5, 0.6) is 0 Å². The molecule has 102 valence electrons. The van der Waals surface area contributed by atoms with Crippen LogP contribution < -0.4 is 5.32 Å². The number of hydrogen-bond donors (Lipinski definition) is 1. The number of imidazole rings is 1. The summed E-state index contributed by atoms with van der Waals surface area (Å²) in [6.45, 7) is 5.47. The van der Waals surface area contributed by atoms with Crippen LogP contribution in [0.3, 0.4) is 0 Å². The summed E-state index contributed by atoms with van der Waals surface area (Å²) < 4.78 is 2.23. The Morgan fingerprint density at radius 1 is 1.39 bits per heavy atom. The zero-order chi connectivity index (χ0) is 13.2. The lowest BCUT2D eigenvalue weighted by molar-refractivity contribution is 0.170. The monoisotopic (exact) mass is 250 g/mol. The summed E-state index contributed by atoms with van der Waals surface area (Å²) in [6.07, 6.45) is 9.22. The van der Waals surface area contributed by atoms with E-state index in [0.29, 0.717) is 6.04 Å². The molecule has 1 fully saturated rings. The van der Waals surface area contributed by atoms with Crippen molar-refractivity contribution in [1.82, 2.24) is 14.5 Å². The molecule has 0 amide bonds. The minimum Gasteiger partial charge on any atom is -0.353 e. The fraction of sp³-hybridized carbons (Fsp3) is 0.786. The third-order valence-electron chi connectivity index (χ3n) is 4.17. The molecule has 1 saturated carbocycles. The first-order chi connectivity index (χ1) is 8.49. The molecule has 0 aliphatic heterocycles. The number of nitrogens with one attached hydrogen (secondary N) is 1. The fourth-order valence-corrected chi connectivity index (χ4v) is 2.39. The molecule has 1 aliphatic rings. The first kappa shape index (κ1) is 13.4. The average Bonchev–Trinajstić information content (AvgIpc) is 2.91. The quantitative estimate of drug-likeness (QED) is 0.872. The molecular weight excluding hydrogens is 224 g/mol. The van der Waals surface area contributed by atoms with Crippen LogP contribution in [-0.4, -0.2) is 40.1 Å². The molecule has 1 aliphatic carbocycles. The Morgan fingerprint density at radius 3 is 2.67 bits per heavy atom. The van der Waals surface area contributed by atoms with Gasteiger partial charge in [0.2, 0.25) is 5.95 Å². The third kappa shape index (κ3) is 3.05. The highest BCUT2D eigenvalue weighted by Gasteiger charge is 2.23. The van der Waals surface area contributed by atoms with Crippen LogP contribution in [0.2, 0.25) is 0 Å². The van der Waals surface area contributed by atoms with Gasteiger partial charge in [0.25, 0.3) is 0 Å². The zero-order valence-corrected chi connectivity index (χ0v) is 12.1. The van der Waals surface area contributed by atoms with Crippen LogP contribution in [0.4, 0.5) is 5.95 Å². The summed E-state index contributed by atoms with van der Waals surface area (Å²) in [7, 11) is 4.25. The van der Waals surface area contributed by atoms with Gasteiger partial charge in [-0.05, 0) is 40.8 Å². The van der Waals surface area contributed by atoms with Gasteiger partial charge >= 0.3 is 0 Å². The second kappa shape index (κ2) is 5.31. The Kier molecular flexibility index (Phi) is 3.95. The van der Waals surface area contributed by atoms with E-state index in [1.807, 2.05) is 6.20 Å². The Hall–Kier alpha value is -1.03. The second-order valence-corrected chi connectivity index (χ2v) is 6.21. The smallest absolute Gasteiger partial charge is 0.203 e. The number of hydrogen-bond acceptors (Lipinski definition) is 3. The van der Waals surface area contributed by atoms with Crippen LogP contribution in [0.15, 0.2) is 12.4 Å². The number of aromatic nitrogens is 2. The van der Waals surface area contributed by atoms with Crippen molar-refractivity contribution >= 4 is 5.95 Å². The highest BCUT2D eigenvalue weighted by atomic mass is 15.2. The van der Waals surface area contributed by atoms with Gasteiger partial charge in [0, 0.05) is 30.5 Å². The molecule has 4 heteroatoms. The number of anilines is 1. The lowest BCUT2D eigenvalue weighted by Gasteiger charge is -2.33. The Balaban J connectivity index is 2.03. The molecule has 1 aromatic rings. The largest absolute Gasteiger partial charge is 0.353 e. The highest BCUT2D eigenvalue weighted by Crippen LogP contribution is 2.23. The van der Waals surface area contributed by atoms with E-state index in [9.17, 15) is 0 Å². The van der Waals surface area contributed by atoms with Gasteiger partial charge in [-0.3, -0.25) is 0 Å². The van der Waals surface area contributed by atoms with E-state index in [1.165, 1.54) is 25.7 Å². The first-order valence-electron chi connectivity index (χ1n) is 6.94. The van der Waals surface area contributed by atoms with Gasteiger partial charge in [-0.15, -0.1) is 0 Å².